The number of hydrogen-bond donors (Lipinski definition) is 0. The Bertz CT molecular complexity index is 961. The summed E-state index contributed by atoms with van der Waals surface area (Å²) in [4.78, 5) is 32.1. The van der Waals surface area contributed by atoms with Gasteiger partial charge in [0.15, 0.2) is 0 Å². The summed E-state index contributed by atoms with van der Waals surface area (Å²) in [5, 5.41) is 1.13. The highest BCUT2D eigenvalue weighted by molar-refractivity contribution is 7.20. The van der Waals surface area contributed by atoms with Crippen LogP contribution in [0, 0.1) is 20.8 Å². The van der Waals surface area contributed by atoms with Crippen molar-refractivity contribution in [3.63, 3.8) is 0 Å². The zero-order chi connectivity index (χ0) is 18.3. The first-order valence-electron chi connectivity index (χ1n) is 8.72. The van der Waals surface area contributed by atoms with E-state index in [2.05, 4.69) is 32.8 Å². The average molecular weight is 367 g/mol. The van der Waals surface area contributed by atoms with E-state index in [1.54, 1.807) is 18.6 Å². The van der Waals surface area contributed by atoms with Crippen LogP contribution in [0.3, 0.4) is 0 Å². The lowest BCUT2D eigenvalue weighted by Crippen LogP contribution is -2.49. The largest absolute Gasteiger partial charge is 0.352 e. The van der Waals surface area contributed by atoms with Crippen molar-refractivity contribution in [2.45, 2.75) is 20.8 Å². The predicted octanol–water partition coefficient (Wildman–Crippen LogP) is 2.97. The molecule has 3 aromatic heterocycles. The van der Waals surface area contributed by atoms with Gasteiger partial charge in [-0.3, -0.25) is 9.78 Å². The van der Waals surface area contributed by atoms with Crippen molar-refractivity contribution in [2.75, 3.05) is 31.1 Å². The minimum Gasteiger partial charge on any atom is -0.352 e. The number of amides is 1. The third kappa shape index (κ3) is 2.92. The lowest BCUT2D eigenvalue weighted by atomic mass is 10.1. The fourth-order valence-electron chi connectivity index (χ4n) is 3.56. The molecule has 26 heavy (non-hydrogen) atoms. The minimum atomic E-state index is 0.112. The Morgan fingerprint density at radius 1 is 1.12 bits per heavy atom. The van der Waals surface area contributed by atoms with E-state index in [0.717, 1.165) is 45.3 Å². The van der Waals surface area contributed by atoms with E-state index in [1.807, 2.05) is 18.7 Å². The SMILES string of the molecule is Cc1cc(C)c2c(C)c(C(=O)N3CCN(c4cnccn4)CC3)sc2n1. The molecule has 7 heteroatoms. The molecule has 0 bridgehead atoms. The van der Waals surface area contributed by atoms with Crippen LogP contribution in [0.15, 0.2) is 24.7 Å². The molecule has 3 aromatic rings. The highest BCUT2D eigenvalue weighted by Gasteiger charge is 2.26. The molecule has 0 atom stereocenters. The number of fused-ring (bicyclic) bond motifs is 1. The van der Waals surface area contributed by atoms with E-state index in [9.17, 15) is 4.79 Å². The average Bonchev–Trinajstić information content (AvgIpc) is 2.98. The maximum Gasteiger partial charge on any atom is 0.264 e. The summed E-state index contributed by atoms with van der Waals surface area (Å²) >= 11 is 1.51. The molecule has 0 aliphatic carbocycles. The highest BCUT2D eigenvalue weighted by Crippen LogP contribution is 2.33. The van der Waals surface area contributed by atoms with Crippen LogP contribution in [0.25, 0.3) is 10.2 Å². The van der Waals surface area contributed by atoms with Crippen molar-refractivity contribution in [2.24, 2.45) is 0 Å². The van der Waals surface area contributed by atoms with Gasteiger partial charge in [0.2, 0.25) is 0 Å². The first kappa shape index (κ1) is 16.9. The number of aryl methyl sites for hydroxylation is 3. The van der Waals surface area contributed by atoms with Crippen LogP contribution in [0.5, 0.6) is 0 Å². The number of hydrogen-bond acceptors (Lipinski definition) is 6. The van der Waals surface area contributed by atoms with E-state index in [1.165, 1.54) is 16.9 Å². The second-order valence-corrected chi connectivity index (χ2v) is 7.66. The van der Waals surface area contributed by atoms with Gasteiger partial charge in [0.25, 0.3) is 5.91 Å². The monoisotopic (exact) mass is 367 g/mol. The van der Waals surface area contributed by atoms with Gasteiger partial charge in [0, 0.05) is 49.7 Å². The van der Waals surface area contributed by atoms with Gasteiger partial charge in [-0.15, -0.1) is 11.3 Å². The summed E-state index contributed by atoms with van der Waals surface area (Å²) in [6, 6.07) is 2.08. The molecule has 0 N–H and O–H groups in total. The van der Waals surface area contributed by atoms with Crippen LogP contribution < -0.4 is 4.90 Å². The van der Waals surface area contributed by atoms with Gasteiger partial charge < -0.3 is 9.80 Å². The number of rotatable bonds is 2. The second kappa shape index (κ2) is 6.64. The van der Waals surface area contributed by atoms with Gasteiger partial charge in [-0.25, -0.2) is 9.97 Å². The van der Waals surface area contributed by atoms with E-state index >= 15 is 0 Å². The summed E-state index contributed by atoms with van der Waals surface area (Å²) in [6.07, 6.45) is 5.14. The molecule has 1 aliphatic rings. The number of pyridine rings is 1. The molecule has 0 radical (unpaired) electrons. The summed E-state index contributed by atoms with van der Waals surface area (Å²) in [5.41, 5.74) is 3.23. The van der Waals surface area contributed by atoms with Crippen LogP contribution in [0.1, 0.15) is 26.5 Å². The fraction of sp³-hybridized carbons (Fsp3) is 0.368. The normalized spacial score (nSPS) is 14.9. The molecule has 1 fully saturated rings. The van der Waals surface area contributed by atoms with Gasteiger partial charge in [-0.2, -0.15) is 0 Å². The third-order valence-electron chi connectivity index (χ3n) is 4.86. The van der Waals surface area contributed by atoms with Crippen LogP contribution in [0.2, 0.25) is 0 Å². The van der Waals surface area contributed by atoms with Gasteiger partial charge in [-0.05, 0) is 38.0 Å². The van der Waals surface area contributed by atoms with Crippen molar-refractivity contribution >= 4 is 33.3 Å². The fourth-order valence-corrected chi connectivity index (χ4v) is 4.83. The first-order chi connectivity index (χ1) is 12.5. The summed E-state index contributed by atoms with van der Waals surface area (Å²) < 4.78 is 0. The number of aromatic nitrogens is 3. The molecular weight excluding hydrogens is 346 g/mol. The van der Waals surface area contributed by atoms with Gasteiger partial charge in [-0.1, -0.05) is 0 Å². The Morgan fingerprint density at radius 3 is 2.58 bits per heavy atom. The first-order valence-corrected chi connectivity index (χ1v) is 9.54. The van der Waals surface area contributed by atoms with E-state index in [-0.39, 0.29) is 5.91 Å². The summed E-state index contributed by atoms with van der Waals surface area (Å²) in [7, 11) is 0. The van der Waals surface area contributed by atoms with Crippen LogP contribution >= 0.6 is 11.3 Å². The number of piperazine rings is 1. The molecule has 134 valence electrons. The Balaban J connectivity index is 1.55. The quantitative estimate of drug-likeness (QED) is 0.697. The number of nitrogens with zero attached hydrogens (tertiary/aromatic N) is 5. The molecule has 6 nitrogen and oxygen atoms in total. The lowest BCUT2D eigenvalue weighted by Gasteiger charge is -2.35. The van der Waals surface area contributed by atoms with Crippen molar-refractivity contribution < 1.29 is 4.79 Å². The standard InChI is InChI=1S/C19H21N5OS/c1-12-10-13(2)22-18-16(12)14(3)17(26-18)19(25)24-8-6-23(7-9-24)15-11-20-4-5-21-15/h4-5,10-11H,6-9H2,1-3H3. The summed E-state index contributed by atoms with van der Waals surface area (Å²) in [5.74, 6) is 0.981. The smallest absolute Gasteiger partial charge is 0.264 e. The van der Waals surface area contributed by atoms with Crippen LogP contribution in [-0.2, 0) is 0 Å². The van der Waals surface area contributed by atoms with Crippen molar-refractivity contribution in [3.05, 3.63) is 46.4 Å². The number of anilines is 1. The molecule has 1 saturated heterocycles. The van der Waals surface area contributed by atoms with Gasteiger partial charge >= 0.3 is 0 Å². The van der Waals surface area contributed by atoms with Crippen molar-refractivity contribution in [3.8, 4) is 0 Å². The van der Waals surface area contributed by atoms with E-state index < -0.39 is 0 Å². The number of carbonyl (C=O) groups excluding carboxylic acids is 1. The Hall–Kier alpha value is -2.54. The molecule has 1 amide bonds. The molecule has 4 heterocycles. The van der Waals surface area contributed by atoms with Crippen LogP contribution in [0.4, 0.5) is 5.82 Å². The lowest BCUT2D eigenvalue weighted by molar-refractivity contribution is 0.0751. The second-order valence-electron chi connectivity index (χ2n) is 6.66. The molecule has 0 unspecified atom stereocenters. The van der Waals surface area contributed by atoms with Gasteiger partial charge in [0.05, 0.1) is 11.1 Å². The topological polar surface area (TPSA) is 62.2 Å². The number of thiophene rings is 1. The van der Waals surface area contributed by atoms with Crippen LogP contribution in [-0.4, -0.2) is 51.9 Å². The molecule has 0 aromatic carbocycles. The zero-order valence-electron chi connectivity index (χ0n) is 15.2. The third-order valence-corrected chi connectivity index (χ3v) is 6.03. The van der Waals surface area contributed by atoms with E-state index in [4.69, 9.17) is 0 Å². The highest BCUT2D eigenvalue weighted by atomic mass is 32.1. The molecule has 0 spiro atoms. The molecular formula is C19H21N5OS. The Morgan fingerprint density at radius 2 is 1.88 bits per heavy atom. The maximum atomic E-state index is 13.1. The van der Waals surface area contributed by atoms with E-state index in [0.29, 0.717) is 13.1 Å². The van der Waals surface area contributed by atoms with Crippen molar-refractivity contribution in [1.29, 1.82) is 0 Å². The molecule has 1 aliphatic heterocycles. The zero-order valence-corrected chi connectivity index (χ0v) is 16.0. The summed E-state index contributed by atoms with van der Waals surface area (Å²) in [6.45, 7) is 9.03. The molecule has 4 rings (SSSR count). The predicted molar refractivity (Wildman–Crippen MR) is 104 cm³/mol. The van der Waals surface area contributed by atoms with Crippen molar-refractivity contribution in [1.82, 2.24) is 19.9 Å². The van der Waals surface area contributed by atoms with Gasteiger partial charge in [0.1, 0.15) is 10.6 Å². The number of carbonyl (C=O) groups is 1. The Kier molecular flexibility index (Phi) is 4.32. The molecule has 0 saturated carbocycles. The maximum absolute atomic E-state index is 13.1. The minimum absolute atomic E-state index is 0.112. The Labute approximate surface area is 156 Å².